The second-order valence-corrected chi connectivity index (χ2v) is 8.28. The molecule has 1 aliphatic rings. The van der Waals surface area contributed by atoms with Gasteiger partial charge >= 0.3 is 0 Å². The fraction of sp³-hybridized carbons (Fsp3) is 0.636. The van der Waals surface area contributed by atoms with E-state index in [1.54, 1.807) is 6.33 Å². The molecular weight excluding hydrogens is 378 g/mol. The third-order valence-electron chi connectivity index (χ3n) is 6.01. The van der Waals surface area contributed by atoms with Crippen LogP contribution in [0, 0.1) is 19.8 Å². The fourth-order valence-electron chi connectivity index (χ4n) is 4.44. The van der Waals surface area contributed by atoms with E-state index in [9.17, 15) is 4.79 Å². The lowest BCUT2D eigenvalue weighted by Gasteiger charge is -2.33. The monoisotopic (exact) mass is 413 g/mol. The molecule has 2 N–H and O–H groups in total. The van der Waals surface area contributed by atoms with E-state index in [0.717, 1.165) is 67.5 Å². The molecule has 3 rings (SSSR count). The molecule has 164 valence electrons. The van der Waals surface area contributed by atoms with Gasteiger partial charge in [-0.25, -0.2) is 9.97 Å². The zero-order valence-electron chi connectivity index (χ0n) is 18.9. The Morgan fingerprint density at radius 3 is 2.83 bits per heavy atom. The summed E-state index contributed by atoms with van der Waals surface area (Å²) in [5, 5.41) is 10.9. The van der Waals surface area contributed by atoms with Gasteiger partial charge in [0, 0.05) is 50.4 Å². The van der Waals surface area contributed by atoms with E-state index >= 15 is 0 Å². The van der Waals surface area contributed by atoms with Gasteiger partial charge in [-0.05, 0) is 52.9 Å². The van der Waals surface area contributed by atoms with E-state index in [2.05, 4.69) is 37.5 Å². The van der Waals surface area contributed by atoms with Crippen molar-refractivity contribution in [3.05, 3.63) is 29.3 Å². The molecule has 8 nitrogen and oxygen atoms in total. The van der Waals surface area contributed by atoms with Crippen LogP contribution < -0.4 is 15.5 Å². The molecule has 0 spiro atoms. The predicted octanol–water partition coefficient (Wildman–Crippen LogP) is 3.13. The van der Waals surface area contributed by atoms with Crippen LogP contribution in [0.4, 0.5) is 11.6 Å². The molecule has 3 heterocycles. The number of nitrogens with zero attached hydrogens (tertiary/aromatic N) is 5. The summed E-state index contributed by atoms with van der Waals surface area (Å²) in [6.45, 7) is 10.9. The fourth-order valence-corrected chi connectivity index (χ4v) is 4.44. The van der Waals surface area contributed by atoms with Gasteiger partial charge in [0.15, 0.2) is 0 Å². The Balaban J connectivity index is 1.51. The van der Waals surface area contributed by atoms with Crippen LogP contribution in [-0.4, -0.2) is 45.3 Å². The zero-order valence-corrected chi connectivity index (χ0v) is 18.9. The maximum absolute atomic E-state index is 12.6. The number of hydrogen-bond donors (Lipinski definition) is 2. The van der Waals surface area contributed by atoms with Crippen LogP contribution in [0.2, 0.25) is 0 Å². The molecule has 1 fully saturated rings. The number of nitrogens with one attached hydrogen (secondary N) is 2. The number of piperidine rings is 1. The van der Waals surface area contributed by atoms with E-state index < -0.39 is 0 Å². The number of amides is 1. The second-order valence-electron chi connectivity index (χ2n) is 8.28. The summed E-state index contributed by atoms with van der Waals surface area (Å²) in [5.74, 6) is 2.43. The van der Waals surface area contributed by atoms with Crippen molar-refractivity contribution >= 4 is 17.5 Å². The van der Waals surface area contributed by atoms with Crippen molar-refractivity contribution in [1.82, 2.24) is 25.1 Å². The maximum atomic E-state index is 12.6. The molecule has 8 heteroatoms. The van der Waals surface area contributed by atoms with Gasteiger partial charge < -0.3 is 15.5 Å². The summed E-state index contributed by atoms with van der Waals surface area (Å²) in [5.41, 5.74) is 3.20. The second kappa shape index (κ2) is 9.91. The van der Waals surface area contributed by atoms with Crippen molar-refractivity contribution in [3.8, 4) is 0 Å². The highest BCUT2D eigenvalue weighted by molar-refractivity contribution is 5.76. The quantitative estimate of drug-likeness (QED) is 0.691. The van der Waals surface area contributed by atoms with Gasteiger partial charge in [0.2, 0.25) is 5.91 Å². The van der Waals surface area contributed by atoms with E-state index in [1.165, 1.54) is 0 Å². The molecule has 0 saturated carbocycles. The summed E-state index contributed by atoms with van der Waals surface area (Å²) in [6, 6.07) is 1.98. The minimum absolute atomic E-state index is 0.0282. The van der Waals surface area contributed by atoms with Crippen molar-refractivity contribution in [3.63, 3.8) is 0 Å². The number of carbonyl (C=O) groups is 1. The molecular formula is C22H35N7O. The third-order valence-corrected chi connectivity index (χ3v) is 6.01. The van der Waals surface area contributed by atoms with Crippen LogP contribution in [0.15, 0.2) is 12.4 Å². The van der Waals surface area contributed by atoms with Crippen molar-refractivity contribution in [1.29, 1.82) is 0 Å². The van der Waals surface area contributed by atoms with Crippen LogP contribution in [0.5, 0.6) is 0 Å². The molecule has 1 saturated heterocycles. The lowest BCUT2D eigenvalue weighted by Crippen LogP contribution is -2.36. The average molecular weight is 414 g/mol. The molecule has 0 bridgehead atoms. The van der Waals surface area contributed by atoms with Crippen molar-refractivity contribution in [2.75, 3.05) is 29.9 Å². The lowest BCUT2D eigenvalue weighted by atomic mass is 9.93. The standard InChI is InChI=1S/C22H35N7O/c1-6-23-19-12-20(25-14-24-19)29-11-7-8-18(13-29)9-10-21(30)26-15(2)22-16(3)27-28(5)17(22)4/h12,14-15,18H,6-11,13H2,1-5H3,(H,26,30)(H,23,24,25)/t15-,18-/m0/s1. The van der Waals surface area contributed by atoms with Gasteiger partial charge in [0.05, 0.1) is 11.7 Å². The van der Waals surface area contributed by atoms with Gasteiger partial charge in [0.25, 0.3) is 0 Å². The molecule has 2 atom stereocenters. The maximum Gasteiger partial charge on any atom is 0.220 e. The molecule has 30 heavy (non-hydrogen) atoms. The van der Waals surface area contributed by atoms with Crippen LogP contribution in [0.1, 0.15) is 62.5 Å². The normalized spacial score (nSPS) is 17.6. The van der Waals surface area contributed by atoms with Gasteiger partial charge in [-0.15, -0.1) is 0 Å². The van der Waals surface area contributed by atoms with Crippen LogP contribution in [0.3, 0.4) is 0 Å². The third kappa shape index (κ3) is 5.29. The SMILES string of the molecule is CCNc1cc(N2CCC[C@@H](CCC(=O)N[C@@H](C)c3c(C)nn(C)c3C)C2)ncn1. The topological polar surface area (TPSA) is 88.0 Å². The smallest absolute Gasteiger partial charge is 0.220 e. The summed E-state index contributed by atoms with van der Waals surface area (Å²) in [4.78, 5) is 23.6. The summed E-state index contributed by atoms with van der Waals surface area (Å²) in [7, 11) is 1.94. The number of hydrogen-bond acceptors (Lipinski definition) is 6. The summed E-state index contributed by atoms with van der Waals surface area (Å²) < 4.78 is 1.87. The first kappa shape index (κ1) is 22.1. The summed E-state index contributed by atoms with van der Waals surface area (Å²) >= 11 is 0. The van der Waals surface area contributed by atoms with Crippen LogP contribution >= 0.6 is 0 Å². The molecule has 0 aliphatic carbocycles. The Morgan fingerprint density at radius 1 is 1.33 bits per heavy atom. The molecule has 2 aromatic heterocycles. The Kier molecular flexibility index (Phi) is 7.29. The van der Waals surface area contributed by atoms with Crippen LogP contribution in [-0.2, 0) is 11.8 Å². The number of anilines is 2. The van der Waals surface area contributed by atoms with E-state index in [-0.39, 0.29) is 11.9 Å². The Bertz CT molecular complexity index is 863. The van der Waals surface area contributed by atoms with Crippen molar-refractivity contribution in [2.24, 2.45) is 13.0 Å². The number of rotatable bonds is 8. The molecule has 0 unspecified atom stereocenters. The highest BCUT2D eigenvalue weighted by Gasteiger charge is 2.23. The van der Waals surface area contributed by atoms with Gasteiger partial charge in [0.1, 0.15) is 18.0 Å². The van der Waals surface area contributed by atoms with Gasteiger partial charge in [-0.1, -0.05) is 0 Å². The molecule has 0 aromatic carbocycles. The zero-order chi connectivity index (χ0) is 21.7. The molecule has 0 radical (unpaired) electrons. The molecule has 1 aliphatic heterocycles. The minimum atomic E-state index is -0.0282. The highest BCUT2D eigenvalue weighted by Crippen LogP contribution is 2.26. The summed E-state index contributed by atoms with van der Waals surface area (Å²) in [6.07, 6.45) is 5.34. The van der Waals surface area contributed by atoms with Crippen molar-refractivity contribution in [2.45, 2.75) is 59.4 Å². The number of carbonyl (C=O) groups excluding carboxylic acids is 1. The largest absolute Gasteiger partial charge is 0.370 e. The molecule has 1 amide bonds. The van der Waals surface area contributed by atoms with Gasteiger partial charge in [-0.3, -0.25) is 9.48 Å². The Labute approximate surface area is 179 Å². The van der Waals surface area contributed by atoms with E-state index in [1.807, 2.05) is 38.6 Å². The Hall–Kier alpha value is -2.64. The Morgan fingerprint density at radius 2 is 2.13 bits per heavy atom. The average Bonchev–Trinajstić information content (AvgIpc) is 2.98. The first-order valence-electron chi connectivity index (χ1n) is 11.0. The first-order chi connectivity index (χ1) is 14.4. The van der Waals surface area contributed by atoms with E-state index in [0.29, 0.717) is 12.3 Å². The van der Waals surface area contributed by atoms with Gasteiger partial charge in [-0.2, -0.15) is 5.10 Å². The van der Waals surface area contributed by atoms with Crippen molar-refractivity contribution < 1.29 is 4.79 Å². The highest BCUT2D eigenvalue weighted by atomic mass is 16.1. The molecule has 2 aromatic rings. The minimum Gasteiger partial charge on any atom is -0.370 e. The predicted molar refractivity (Wildman–Crippen MR) is 120 cm³/mol. The van der Waals surface area contributed by atoms with Crippen LogP contribution in [0.25, 0.3) is 0 Å². The number of aromatic nitrogens is 4. The van der Waals surface area contributed by atoms with E-state index in [4.69, 9.17) is 0 Å². The first-order valence-corrected chi connectivity index (χ1v) is 11.0. The number of aryl methyl sites for hydroxylation is 2. The lowest BCUT2D eigenvalue weighted by molar-refractivity contribution is -0.122.